The largest absolute Gasteiger partial charge is 0.481 e. The number of hydrogen-bond donors (Lipinski definition) is 4. The van der Waals surface area contributed by atoms with Crippen LogP contribution < -0.4 is 10.6 Å². The highest BCUT2D eigenvalue weighted by molar-refractivity contribution is 5.83. The normalized spacial score (nSPS) is 11.4. The number of carbonyl (C=O) groups is 4. The van der Waals surface area contributed by atoms with Crippen LogP contribution in [0.5, 0.6) is 0 Å². The van der Waals surface area contributed by atoms with Crippen molar-refractivity contribution in [3.05, 3.63) is 0 Å². The molecule has 0 saturated carbocycles. The first-order valence-electron chi connectivity index (χ1n) is 5.81. The second-order valence-electron chi connectivity index (χ2n) is 4.03. The highest BCUT2D eigenvalue weighted by Gasteiger charge is 2.19. The van der Waals surface area contributed by atoms with Crippen LogP contribution in [0, 0.1) is 0 Å². The van der Waals surface area contributed by atoms with E-state index in [0.717, 1.165) is 0 Å². The van der Waals surface area contributed by atoms with Gasteiger partial charge in [-0.3, -0.25) is 4.79 Å². The van der Waals surface area contributed by atoms with Crippen molar-refractivity contribution in [2.75, 3.05) is 6.54 Å². The van der Waals surface area contributed by atoms with Crippen molar-refractivity contribution in [1.29, 1.82) is 0 Å². The van der Waals surface area contributed by atoms with E-state index in [4.69, 9.17) is 10.2 Å². The SMILES string of the molecule is CC(=O)CC[C@H](NC(=O)NCCCC(=O)O)C(=O)O. The van der Waals surface area contributed by atoms with Crippen molar-refractivity contribution < 1.29 is 29.4 Å². The molecule has 0 aliphatic heterocycles. The van der Waals surface area contributed by atoms with Crippen molar-refractivity contribution >= 4 is 23.8 Å². The minimum atomic E-state index is -1.22. The molecule has 0 aromatic heterocycles. The van der Waals surface area contributed by atoms with E-state index in [-0.39, 0.29) is 38.0 Å². The third-order valence-electron chi connectivity index (χ3n) is 2.24. The molecular formula is C11H18N2O6. The number of ketones is 1. The molecule has 108 valence electrons. The predicted molar refractivity (Wildman–Crippen MR) is 64.7 cm³/mol. The van der Waals surface area contributed by atoms with E-state index < -0.39 is 24.0 Å². The van der Waals surface area contributed by atoms with E-state index in [1.165, 1.54) is 6.92 Å². The Bertz CT molecular complexity index is 355. The molecule has 0 unspecified atom stereocenters. The number of rotatable bonds is 9. The van der Waals surface area contributed by atoms with Crippen LogP contribution in [0.15, 0.2) is 0 Å². The van der Waals surface area contributed by atoms with Gasteiger partial charge in [-0.1, -0.05) is 0 Å². The summed E-state index contributed by atoms with van der Waals surface area (Å²) in [6.45, 7) is 1.47. The summed E-state index contributed by atoms with van der Waals surface area (Å²) < 4.78 is 0. The van der Waals surface area contributed by atoms with Gasteiger partial charge in [-0.15, -0.1) is 0 Å². The molecule has 0 saturated heterocycles. The van der Waals surface area contributed by atoms with Crippen molar-refractivity contribution in [3.63, 3.8) is 0 Å². The number of Topliss-reactive ketones (excluding diaryl/α,β-unsaturated/α-hetero) is 1. The highest BCUT2D eigenvalue weighted by Crippen LogP contribution is 1.98. The maximum absolute atomic E-state index is 11.3. The summed E-state index contributed by atoms with van der Waals surface area (Å²) >= 11 is 0. The molecule has 0 aromatic carbocycles. The van der Waals surface area contributed by atoms with Gasteiger partial charge >= 0.3 is 18.0 Å². The van der Waals surface area contributed by atoms with E-state index in [0.29, 0.717) is 0 Å². The van der Waals surface area contributed by atoms with E-state index in [2.05, 4.69) is 10.6 Å². The minimum Gasteiger partial charge on any atom is -0.481 e. The van der Waals surface area contributed by atoms with Gasteiger partial charge in [-0.05, 0) is 19.8 Å². The summed E-state index contributed by atoms with van der Waals surface area (Å²) in [7, 11) is 0. The van der Waals surface area contributed by atoms with E-state index >= 15 is 0 Å². The van der Waals surface area contributed by atoms with Crippen LogP contribution in [-0.4, -0.2) is 46.6 Å². The van der Waals surface area contributed by atoms with Gasteiger partial charge in [0.1, 0.15) is 11.8 Å². The number of carbonyl (C=O) groups excluding carboxylic acids is 2. The first kappa shape index (κ1) is 16.9. The molecule has 0 heterocycles. The van der Waals surface area contributed by atoms with Gasteiger partial charge in [-0.2, -0.15) is 0 Å². The van der Waals surface area contributed by atoms with Crippen molar-refractivity contribution in [1.82, 2.24) is 10.6 Å². The molecule has 2 amide bonds. The Hall–Kier alpha value is -2.12. The number of carboxylic acid groups (broad SMARTS) is 2. The molecule has 0 aliphatic rings. The number of hydrogen-bond acceptors (Lipinski definition) is 4. The third kappa shape index (κ3) is 9.57. The highest BCUT2D eigenvalue weighted by atomic mass is 16.4. The van der Waals surface area contributed by atoms with Crippen LogP contribution >= 0.6 is 0 Å². The molecule has 19 heavy (non-hydrogen) atoms. The lowest BCUT2D eigenvalue weighted by atomic mass is 10.1. The smallest absolute Gasteiger partial charge is 0.326 e. The number of carboxylic acids is 2. The molecular weight excluding hydrogens is 256 g/mol. The van der Waals surface area contributed by atoms with Gasteiger partial charge < -0.3 is 25.6 Å². The molecule has 0 aromatic rings. The summed E-state index contributed by atoms with van der Waals surface area (Å²) in [6, 6.07) is -1.83. The Morgan fingerprint density at radius 3 is 2.21 bits per heavy atom. The zero-order valence-corrected chi connectivity index (χ0v) is 10.6. The predicted octanol–water partition coefficient (Wildman–Crippen LogP) is -0.0272. The first-order chi connectivity index (χ1) is 8.82. The lowest BCUT2D eigenvalue weighted by molar-refractivity contribution is -0.139. The zero-order chi connectivity index (χ0) is 14.8. The molecule has 4 N–H and O–H groups in total. The molecule has 0 spiro atoms. The second kappa shape index (κ2) is 8.90. The summed E-state index contributed by atoms with van der Waals surface area (Å²) in [4.78, 5) is 43.1. The monoisotopic (exact) mass is 274 g/mol. The second-order valence-corrected chi connectivity index (χ2v) is 4.03. The summed E-state index contributed by atoms with van der Waals surface area (Å²) in [5.74, 6) is -2.34. The van der Waals surface area contributed by atoms with E-state index in [9.17, 15) is 19.2 Å². The Morgan fingerprint density at radius 2 is 1.74 bits per heavy atom. The molecule has 8 heteroatoms. The van der Waals surface area contributed by atoms with Gasteiger partial charge in [0.2, 0.25) is 0 Å². The molecule has 8 nitrogen and oxygen atoms in total. The summed E-state index contributed by atoms with van der Waals surface area (Å²) in [5, 5.41) is 21.8. The van der Waals surface area contributed by atoms with Crippen LogP contribution in [0.3, 0.4) is 0 Å². The summed E-state index contributed by atoms with van der Waals surface area (Å²) in [5.41, 5.74) is 0. The van der Waals surface area contributed by atoms with Crippen LogP contribution in [0.1, 0.15) is 32.6 Å². The fraction of sp³-hybridized carbons (Fsp3) is 0.636. The fourth-order valence-electron chi connectivity index (χ4n) is 1.26. The molecule has 0 radical (unpaired) electrons. The zero-order valence-electron chi connectivity index (χ0n) is 10.6. The third-order valence-corrected chi connectivity index (χ3v) is 2.24. The van der Waals surface area contributed by atoms with Crippen molar-refractivity contribution in [2.45, 2.75) is 38.6 Å². The van der Waals surface area contributed by atoms with Crippen LogP contribution in [0.2, 0.25) is 0 Å². The van der Waals surface area contributed by atoms with Crippen molar-refractivity contribution in [2.24, 2.45) is 0 Å². The Balaban J connectivity index is 3.99. The number of aliphatic carboxylic acids is 2. The van der Waals surface area contributed by atoms with Gasteiger partial charge in [-0.25, -0.2) is 9.59 Å². The van der Waals surface area contributed by atoms with Crippen LogP contribution in [0.25, 0.3) is 0 Å². The topological polar surface area (TPSA) is 133 Å². The average molecular weight is 274 g/mol. The van der Waals surface area contributed by atoms with Gasteiger partial charge in [0.15, 0.2) is 0 Å². The molecule has 0 aliphatic carbocycles. The summed E-state index contributed by atoms with van der Waals surface area (Å²) in [6.07, 6.45) is 0.268. The van der Waals surface area contributed by atoms with Crippen LogP contribution in [0.4, 0.5) is 4.79 Å². The number of urea groups is 1. The first-order valence-corrected chi connectivity index (χ1v) is 5.81. The average Bonchev–Trinajstić information content (AvgIpc) is 2.29. The van der Waals surface area contributed by atoms with Gasteiger partial charge in [0.25, 0.3) is 0 Å². The maximum Gasteiger partial charge on any atom is 0.326 e. The minimum absolute atomic E-state index is 0.0210. The van der Waals surface area contributed by atoms with Crippen molar-refractivity contribution in [3.8, 4) is 0 Å². The lowest BCUT2D eigenvalue weighted by Gasteiger charge is -2.14. The Labute approximate surface area is 110 Å². The molecule has 0 bridgehead atoms. The Morgan fingerprint density at radius 1 is 1.11 bits per heavy atom. The van der Waals surface area contributed by atoms with E-state index in [1.807, 2.05) is 0 Å². The standard InChI is InChI=1S/C11H18N2O6/c1-7(14)4-5-8(10(17)18)13-11(19)12-6-2-3-9(15)16/h8H,2-6H2,1H3,(H,15,16)(H,17,18)(H2,12,13,19)/t8-/m0/s1. The fourth-order valence-corrected chi connectivity index (χ4v) is 1.26. The number of nitrogens with one attached hydrogen (secondary N) is 2. The van der Waals surface area contributed by atoms with E-state index in [1.54, 1.807) is 0 Å². The van der Waals surface area contributed by atoms with Gasteiger partial charge in [0.05, 0.1) is 0 Å². The maximum atomic E-state index is 11.3. The van der Waals surface area contributed by atoms with Crippen LogP contribution in [-0.2, 0) is 14.4 Å². The lowest BCUT2D eigenvalue weighted by Crippen LogP contribution is -2.46. The number of amides is 2. The van der Waals surface area contributed by atoms with Gasteiger partial charge in [0, 0.05) is 19.4 Å². The Kier molecular flexibility index (Phi) is 7.90. The quantitative estimate of drug-likeness (QED) is 0.436. The molecule has 0 fully saturated rings. The molecule has 0 rings (SSSR count). The molecule has 1 atom stereocenters.